The van der Waals surface area contributed by atoms with Crippen LogP contribution in [0.5, 0.6) is 0 Å². The molecule has 3 aromatic rings. The first-order chi connectivity index (χ1) is 15.8. The van der Waals surface area contributed by atoms with Gasteiger partial charge in [0.15, 0.2) is 0 Å². The fourth-order valence-electron chi connectivity index (χ4n) is 3.96. The minimum Gasteiger partial charge on any atom is -0.382 e. The van der Waals surface area contributed by atoms with Crippen molar-refractivity contribution < 1.29 is 17.4 Å². The number of halogens is 3. The molecular weight excluding hydrogens is 445 g/mol. The van der Waals surface area contributed by atoms with Crippen LogP contribution in [0, 0.1) is 6.92 Å². The molecule has 0 unspecified atom stereocenters. The lowest BCUT2D eigenvalue weighted by Gasteiger charge is -2.24. The van der Waals surface area contributed by atoms with Crippen LogP contribution in [0.15, 0.2) is 48.5 Å². The third-order valence-corrected chi connectivity index (χ3v) is 6.73. The van der Waals surface area contributed by atoms with Crippen LogP contribution in [0.3, 0.4) is 0 Å². The van der Waals surface area contributed by atoms with E-state index >= 15 is 0 Å². The number of aromatic nitrogens is 1. The van der Waals surface area contributed by atoms with Crippen molar-refractivity contribution in [2.75, 3.05) is 16.8 Å². The molecule has 0 amide bonds. The third-order valence-electron chi connectivity index (χ3n) is 5.34. The molecule has 4 rings (SSSR count). The van der Waals surface area contributed by atoms with Gasteiger partial charge in [-0.3, -0.25) is 4.21 Å². The highest BCUT2D eigenvalue weighted by Crippen LogP contribution is 2.35. The van der Waals surface area contributed by atoms with E-state index in [0.717, 1.165) is 35.0 Å². The van der Waals surface area contributed by atoms with Crippen molar-refractivity contribution in [3.63, 3.8) is 0 Å². The number of aryl methyl sites for hydroxylation is 1. The summed E-state index contributed by atoms with van der Waals surface area (Å²) in [5.74, 6) is 1.33. The maximum Gasteiger partial charge on any atom is 0.406 e. The summed E-state index contributed by atoms with van der Waals surface area (Å²) in [6, 6.07) is 15.0. The molecule has 0 atom stereocenters. The largest absolute Gasteiger partial charge is 0.406 e. The van der Waals surface area contributed by atoms with Crippen LogP contribution in [0.4, 0.5) is 18.9 Å². The summed E-state index contributed by atoms with van der Waals surface area (Å²) >= 11 is 0. The molecule has 2 heterocycles. The Balaban J connectivity index is 0.000000914. The fraction of sp³-hybridized carbons (Fsp3) is 0.462. The van der Waals surface area contributed by atoms with Crippen molar-refractivity contribution in [1.82, 2.24) is 4.57 Å². The number of anilines is 1. The van der Waals surface area contributed by atoms with Crippen LogP contribution in [0.25, 0.3) is 22.2 Å². The number of alkyl halides is 3. The van der Waals surface area contributed by atoms with E-state index in [1.165, 1.54) is 4.57 Å². The molecule has 0 saturated carbocycles. The fourth-order valence-corrected chi connectivity index (χ4v) is 5.26. The second-order valence-corrected chi connectivity index (χ2v) is 9.30. The molecule has 33 heavy (non-hydrogen) atoms. The topological polar surface area (TPSA) is 34.0 Å². The van der Waals surface area contributed by atoms with Crippen molar-refractivity contribution in [2.24, 2.45) is 0 Å². The molecule has 0 radical (unpaired) electrons. The molecule has 0 spiro atoms. The average molecular weight is 481 g/mol. The molecule has 0 aliphatic carbocycles. The summed E-state index contributed by atoms with van der Waals surface area (Å²) in [6.07, 6.45) is -2.71. The first-order valence-corrected chi connectivity index (χ1v) is 13.2. The highest BCUT2D eigenvalue weighted by molar-refractivity contribution is 7.85. The van der Waals surface area contributed by atoms with Gasteiger partial charge in [0.1, 0.15) is 6.54 Å². The second kappa shape index (κ2) is 12.3. The van der Waals surface area contributed by atoms with E-state index in [2.05, 4.69) is 5.32 Å². The average Bonchev–Trinajstić information content (AvgIpc) is 3.16. The summed E-state index contributed by atoms with van der Waals surface area (Å²) in [4.78, 5) is 0. The highest BCUT2D eigenvalue weighted by atomic mass is 32.2. The van der Waals surface area contributed by atoms with Crippen molar-refractivity contribution in [1.29, 1.82) is 0 Å². The molecule has 1 N–H and O–H groups in total. The van der Waals surface area contributed by atoms with Crippen molar-refractivity contribution in [2.45, 2.75) is 66.2 Å². The molecule has 1 aromatic heterocycles. The smallest absolute Gasteiger partial charge is 0.382 e. The van der Waals surface area contributed by atoms with E-state index < -0.39 is 23.5 Å². The number of rotatable bonds is 4. The number of fused-ring (bicyclic) bond motifs is 1. The Morgan fingerprint density at radius 2 is 1.64 bits per heavy atom. The second-order valence-electron chi connectivity index (χ2n) is 7.61. The quantitative estimate of drug-likeness (QED) is 0.418. The van der Waals surface area contributed by atoms with Crippen LogP contribution in [-0.2, 0) is 17.3 Å². The first kappa shape index (κ1) is 27.0. The number of nitrogens with zero attached hydrogens (tertiary/aromatic N) is 1. The van der Waals surface area contributed by atoms with Crippen molar-refractivity contribution in [3.05, 3.63) is 54.1 Å². The molecular formula is C26H35F3N2OS. The van der Waals surface area contributed by atoms with E-state index in [0.29, 0.717) is 22.7 Å². The van der Waals surface area contributed by atoms with Gasteiger partial charge in [0.25, 0.3) is 0 Å². The van der Waals surface area contributed by atoms with Gasteiger partial charge in [-0.1, -0.05) is 57.5 Å². The number of benzene rings is 2. The van der Waals surface area contributed by atoms with Gasteiger partial charge in [0, 0.05) is 45.1 Å². The SMILES string of the molecule is CC.CC.Cc1cccc(-c2cc3c(NC4CCS(=O)CC4)cccc3n2CC(F)(F)F)c1. The van der Waals surface area contributed by atoms with Crippen LogP contribution < -0.4 is 5.32 Å². The van der Waals surface area contributed by atoms with Gasteiger partial charge in [-0.15, -0.1) is 0 Å². The lowest BCUT2D eigenvalue weighted by atomic mass is 10.1. The lowest BCUT2D eigenvalue weighted by molar-refractivity contribution is -0.139. The Kier molecular flexibility index (Phi) is 10.0. The van der Waals surface area contributed by atoms with Gasteiger partial charge >= 0.3 is 6.18 Å². The maximum atomic E-state index is 13.4. The van der Waals surface area contributed by atoms with E-state index in [9.17, 15) is 17.4 Å². The van der Waals surface area contributed by atoms with E-state index in [4.69, 9.17) is 0 Å². The zero-order chi connectivity index (χ0) is 24.6. The molecule has 0 bridgehead atoms. The molecule has 2 aromatic carbocycles. The van der Waals surface area contributed by atoms with Gasteiger partial charge < -0.3 is 9.88 Å². The van der Waals surface area contributed by atoms with Crippen LogP contribution >= 0.6 is 0 Å². The first-order valence-electron chi connectivity index (χ1n) is 11.7. The summed E-state index contributed by atoms with van der Waals surface area (Å²) < 4.78 is 53.1. The number of nitrogens with one attached hydrogen (secondary N) is 1. The minimum atomic E-state index is -4.32. The van der Waals surface area contributed by atoms with E-state index in [-0.39, 0.29) is 6.04 Å². The van der Waals surface area contributed by atoms with E-state index in [1.807, 2.05) is 71.0 Å². The predicted octanol–water partition coefficient (Wildman–Crippen LogP) is 7.55. The normalized spacial score (nSPS) is 18.1. The predicted molar refractivity (Wildman–Crippen MR) is 135 cm³/mol. The molecule has 182 valence electrons. The van der Waals surface area contributed by atoms with Crippen LogP contribution in [0.2, 0.25) is 0 Å². The zero-order valence-electron chi connectivity index (χ0n) is 20.1. The molecule has 1 aliphatic heterocycles. The van der Waals surface area contributed by atoms with Crippen molar-refractivity contribution >= 4 is 27.4 Å². The lowest BCUT2D eigenvalue weighted by Crippen LogP contribution is -2.29. The van der Waals surface area contributed by atoms with Gasteiger partial charge in [-0.05, 0) is 49.6 Å². The zero-order valence-corrected chi connectivity index (χ0v) is 20.9. The summed E-state index contributed by atoms with van der Waals surface area (Å²) in [7, 11) is -0.753. The molecule has 7 heteroatoms. The Bertz CT molecular complexity index is 1050. The van der Waals surface area contributed by atoms with E-state index in [1.54, 1.807) is 12.1 Å². The number of hydrogen-bond acceptors (Lipinski definition) is 2. The highest BCUT2D eigenvalue weighted by Gasteiger charge is 2.30. The van der Waals surface area contributed by atoms with Gasteiger partial charge in [-0.2, -0.15) is 13.2 Å². The Morgan fingerprint density at radius 3 is 2.24 bits per heavy atom. The summed E-state index contributed by atoms with van der Waals surface area (Å²) in [5.41, 5.74) is 3.71. The number of hydrogen-bond donors (Lipinski definition) is 1. The summed E-state index contributed by atoms with van der Waals surface area (Å²) in [6.45, 7) is 8.89. The molecule has 1 aliphatic rings. The van der Waals surface area contributed by atoms with Gasteiger partial charge in [-0.25, -0.2) is 0 Å². The maximum absolute atomic E-state index is 13.4. The molecule has 3 nitrogen and oxygen atoms in total. The van der Waals surface area contributed by atoms with Gasteiger partial charge in [0.05, 0.1) is 5.52 Å². The molecule has 1 fully saturated rings. The monoisotopic (exact) mass is 480 g/mol. The summed E-state index contributed by atoms with van der Waals surface area (Å²) in [5, 5.41) is 4.26. The Hall–Kier alpha value is -2.28. The molecule has 1 saturated heterocycles. The Morgan fingerprint density at radius 1 is 1.00 bits per heavy atom. The minimum absolute atomic E-state index is 0.187. The van der Waals surface area contributed by atoms with Gasteiger partial charge in [0.2, 0.25) is 0 Å². The van der Waals surface area contributed by atoms with Crippen LogP contribution in [-0.4, -0.2) is 32.5 Å². The Labute approximate surface area is 197 Å². The van der Waals surface area contributed by atoms with Crippen LogP contribution in [0.1, 0.15) is 46.1 Å². The standard InChI is InChI=1S/C22H23F3N2OS.2C2H6/c1-15-4-2-5-16(12-15)21-13-18-19(26-17-8-10-29(28)11-9-17)6-3-7-20(18)27(21)14-22(23,24)25;2*1-2/h2-7,12-13,17,26H,8-11,14H2,1H3;2*1-2H3. The van der Waals surface area contributed by atoms with Crippen molar-refractivity contribution in [3.8, 4) is 11.3 Å². The third kappa shape index (κ3) is 7.10.